The second-order valence-corrected chi connectivity index (χ2v) is 22.0. The number of allylic oxidation sites excluding steroid dienone is 2. The standard InChI is InChI=1S/C56H66N5OP/c1-8-45-39(5)51-36-54-46(9-2)38(4)50(59-54)35-52-40(6)47(56(61-52)41(7)49-33-37(3)48(58-49)34-53(45)60-51)29-30-55(62)57-31-21-10-11-22-32-63(42-23-15-12-16-24-42,43-25-17-13-18-26-43)44-27-19-14-20-28-44/h12-20,23-28,33-36,40,47,58-59,63H,8-11,21-22,29-32H2,1-7H3,(H,57,62)/t40-,47-/m0/s1. The molecular formula is C56H66N5OP. The summed E-state index contributed by atoms with van der Waals surface area (Å²) in [6, 6.07) is 42.6. The molecule has 63 heavy (non-hydrogen) atoms. The summed E-state index contributed by atoms with van der Waals surface area (Å²) in [6.07, 6.45) is 8.58. The maximum atomic E-state index is 13.5. The van der Waals surface area contributed by atoms with Crippen LogP contribution >= 0.6 is 7.26 Å². The van der Waals surface area contributed by atoms with Gasteiger partial charge in [-0.1, -0.05) is 20.8 Å². The summed E-state index contributed by atoms with van der Waals surface area (Å²) in [7, 11) is -2.22. The van der Waals surface area contributed by atoms with Crippen LogP contribution in [0.3, 0.4) is 0 Å². The van der Waals surface area contributed by atoms with Gasteiger partial charge in [-0.05, 0) is 98.2 Å². The molecule has 0 spiro atoms. The van der Waals surface area contributed by atoms with Crippen molar-refractivity contribution in [2.24, 2.45) is 0 Å². The number of nitrogens with one attached hydrogen (secondary N) is 3. The number of carbonyl (C=O) groups excluding carboxylic acids is 1. The van der Waals surface area contributed by atoms with Crippen LogP contribution in [-0.2, 0) is 11.2 Å². The van der Waals surface area contributed by atoms with Crippen molar-refractivity contribution in [3.63, 3.8) is 0 Å². The molecule has 5 heterocycles. The number of benzene rings is 3. The number of rotatable bonds is 15. The number of carbonyl (C=O) groups is 1. The molecule has 0 unspecified atom stereocenters. The van der Waals surface area contributed by atoms with Crippen molar-refractivity contribution >= 4 is 62.3 Å². The zero-order valence-corrected chi connectivity index (χ0v) is 39.5. The number of aromatic amines is 2. The Morgan fingerprint density at radius 1 is 0.651 bits per heavy atom. The molecule has 2 atom stereocenters. The number of aromatic nitrogens is 4. The van der Waals surface area contributed by atoms with Gasteiger partial charge in [0.1, 0.15) is 0 Å². The van der Waals surface area contributed by atoms with E-state index in [4.69, 9.17) is 9.97 Å². The molecule has 6 aromatic rings. The number of amides is 1. The van der Waals surface area contributed by atoms with E-state index in [1.807, 2.05) is 0 Å². The molecule has 8 bridgehead atoms. The summed E-state index contributed by atoms with van der Waals surface area (Å²) < 4.78 is 0. The van der Waals surface area contributed by atoms with Gasteiger partial charge in [-0.2, -0.15) is 0 Å². The van der Waals surface area contributed by atoms with E-state index in [-0.39, 0.29) is 17.7 Å². The molecule has 3 N–H and O–H groups in total. The summed E-state index contributed by atoms with van der Waals surface area (Å²) in [6.45, 7) is 16.2. The van der Waals surface area contributed by atoms with Gasteiger partial charge in [-0.15, -0.1) is 0 Å². The molecule has 2 aliphatic heterocycles. The number of unbranched alkanes of at least 4 members (excludes halogenated alkanes) is 3. The average molecular weight is 856 g/mol. The third kappa shape index (κ3) is 8.98. The molecule has 1 amide bonds. The fourth-order valence-electron chi connectivity index (χ4n) is 10.5. The van der Waals surface area contributed by atoms with Gasteiger partial charge in [-0.3, -0.25) is 4.98 Å². The Kier molecular flexibility index (Phi) is 13.6. The molecular weight excluding hydrogens is 790 g/mol. The molecule has 7 heteroatoms. The Morgan fingerprint density at radius 2 is 1.24 bits per heavy atom. The van der Waals surface area contributed by atoms with Gasteiger partial charge in [0.25, 0.3) is 0 Å². The summed E-state index contributed by atoms with van der Waals surface area (Å²) in [5, 5.41) is 7.69. The first-order valence-electron chi connectivity index (χ1n) is 23.5. The molecule has 0 saturated heterocycles. The van der Waals surface area contributed by atoms with Crippen LogP contribution in [0.15, 0.2) is 115 Å². The Bertz CT molecular complexity index is 2670. The van der Waals surface area contributed by atoms with Crippen molar-refractivity contribution in [3.8, 4) is 0 Å². The van der Waals surface area contributed by atoms with Crippen molar-refractivity contribution in [3.05, 3.63) is 160 Å². The molecule has 6 nitrogen and oxygen atoms in total. The van der Waals surface area contributed by atoms with Crippen LogP contribution in [0.25, 0.3) is 33.2 Å². The maximum absolute atomic E-state index is 13.5. The van der Waals surface area contributed by atoms with Gasteiger partial charge in [0.2, 0.25) is 0 Å². The van der Waals surface area contributed by atoms with Gasteiger partial charge < -0.3 is 9.97 Å². The number of fused-ring (bicyclic) bond motifs is 8. The van der Waals surface area contributed by atoms with Gasteiger partial charge in [0.15, 0.2) is 0 Å². The van der Waals surface area contributed by atoms with E-state index in [1.165, 1.54) is 43.8 Å². The Hall–Kier alpha value is -5.58. The topological polar surface area (TPSA) is 86.5 Å². The van der Waals surface area contributed by atoms with Crippen molar-refractivity contribution in [2.75, 3.05) is 12.7 Å². The minimum Gasteiger partial charge on any atom is -0.0612 e. The van der Waals surface area contributed by atoms with Crippen LogP contribution in [0, 0.1) is 20.8 Å². The van der Waals surface area contributed by atoms with Crippen LogP contribution < -0.4 is 21.2 Å². The Morgan fingerprint density at radius 3 is 1.86 bits per heavy atom. The van der Waals surface area contributed by atoms with Crippen LogP contribution in [0.4, 0.5) is 0 Å². The smallest absolute Gasteiger partial charge is 0.0612 e. The van der Waals surface area contributed by atoms with E-state index < -0.39 is 7.26 Å². The number of hydrogen-bond donors (Lipinski definition) is 3. The van der Waals surface area contributed by atoms with Crippen LogP contribution in [0.1, 0.15) is 130 Å². The first-order chi connectivity index (χ1) is 30.6. The summed E-state index contributed by atoms with van der Waals surface area (Å²) >= 11 is 0. The zero-order chi connectivity index (χ0) is 44.1. The molecule has 326 valence electrons. The fourth-order valence-corrected chi connectivity index (χ4v) is 15.4. The van der Waals surface area contributed by atoms with Gasteiger partial charge >= 0.3 is 199 Å². The van der Waals surface area contributed by atoms with E-state index >= 15 is 0 Å². The molecule has 3 aromatic heterocycles. The number of hydrogen-bond acceptors (Lipinski definition) is 3. The van der Waals surface area contributed by atoms with E-state index in [0.717, 1.165) is 102 Å². The Balaban J connectivity index is 0.969. The van der Waals surface area contributed by atoms with Crippen molar-refractivity contribution in [2.45, 2.75) is 112 Å². The third-order valence-electron chi connectivity index (χ3n) is 14.2. The van der Waals surface area contributed by atoms with E-state index in [9.17, 15) is 4.79 Å². The first kappa shape index (κ1) is 44.0. The monoisotopic (exact) mass is 856 g/mol. The van der Waals surface area contributed by atoms with Gasteiger partial charge in [0, 0.05) is 27.8 Å². The molecule has 8 rings (SSSR count). The molecule has 0 radical (unpaired) electrons. The van der Waals surface area contributed by atoms with Gasteiger partial charge in [-0.25, -0.2) is 4.98 Å². The number of H-pyrrole nitrogens is 2. The first-order valence-corrected chi connectivity index (χ1v) is 25.7. The average Bonchev–Trinajstić information content (AvgIpc) is 4.01. The van der Waals surface area contributed by atoms with E-state index in [2.05, 4.69) is 179 Å². The third-order valence-corrected chi connectivity index (χ3v) is 19.3. The molecule has 0 aliphatic carbocycles. The van der Waals surface area contributed by atoms with E-state index in [1.54, 1.807) is 0 Å². The SMILES string of the molecule is CCC1=C(C)c2cc3[nH]c(cc4nc(c(C)c5cc(C)c(cc1n2)[nH]5)[C@@H](CCC(=O)NCCCCCC[PH](c1ccccc1)(c1ccccc1)c1ccccc1)[C@@H]4C)c(C)c3CC. The van der Waals surface area contributed by atoms with Crippen LogP contribution in [-0.4, -0.2) is 38.5 Å². The predicted octanol–water partition coefficient (Wildman–Crippen LogP) is 12.2. The molecule has 0 saturated carbocycles. The Labute approximate surface area is 375 Å². The zero-order valence-electron chi connectivity index (χ0n) is 38.5. The normalized spacial score (nSPS) is 15.5. The number of aryl methyl sites for hydroxylation is 4. The second kappa shape index (κ2) is 19.4. The van der Waals surface area contributed by atoms with E-state index in [0.29, 0.717) is 13.0 Å². The van der Waals surface area contributed by atoms with Crippen LogP contribution in [0.5, 0.6) is 0 Å². The summed E-state index contributed by atoms with van der Waals surface area (Å²) in [5.74, 6) is 0.409. The number of nitrogens with zero attached hydrogens (tertiary/aromatic N) is 2. The van der Waals surface area contributed by atoms with Crippen LogP contribution in [0.2, 0.25) is 0 Å². The molecule has 0 fully saturated rings. The second-order valence-electron chi connectivity index (χ2n) is 18.0. The quantitative estimate of drug-likeness (QED) is 0.0710. The van der Waals surface area contributed by atoms with Crippen molar-refractivity contribution in [1.82, 2.24) is 25.3 Å². The fraction of sp³-hybridized carbons (Fsp3) is 0.339. The van der Waals surface area contributed by atoms with Crippen molar-refractivity contribution < 1.29 is 4.79 Å². The van der Waals surface area contributed by atoms with Gasteiger partial charge in [0.05, 0.1) is 11.4 Å². The summed E-state index contributed by atoms with van der Waals surface area (Å²) in [4.78, 5) is 31.7. The van der Waals surface area contributed by atoms with Crippen molar-refractivity contribution in [1.29, 1.82) is 0 Å². The minimum absolute atomic E-state index is 0.122. The molecule has 2 aliphatic rings. The summed E-state index contributed by atoms with van der Waals surface area (Å²) in [5.41, 5.74) is 16.0. The molecule has 3 aromatic carbocycles. The predicted molar refractivity (Wildman–Crippen MR) is 271 cm³/mol. The minimum atomic E-state index is -2.22.